The molecule has 1 aliphatic rings. The lowest BCUT2D eigenvalue weighted by molar-refractivity contribution is -0.143. The number of hydrogen-bond donors (Lipinski definition) is 3. The fourth-order valence-corrected chi connectivity index (χ4v) is 3.44. The molecule has 3 unspecified atom stereocenters. The number of amides is 3. The van der Waals surface area contributed by atoms with E-state index in [1.165, 1.54) is 6.07 Å². The van der Waals surface area contributed by atoms with Crippen LogP contribution in [0.4, 0.5) is 8.78 Å². The van der Waals surface area contributed by atoms with E-state index in [2.05, 4.69) is 16.0 Å². The van der Waals surface area contributed by atoms with E-state index < -0.39 is 29.5 Å². The van der Waals surface area contributed by atoms with Crippen molar-refractivity contribution in [3.8, 4) is 0 Å². The Hall–Kier alpha value is -3.04. The number of carbonyl (C=O) groups excluding carboxylic acids is 4. The topological polar surface area (TPSA) is 114 Å². The molecule has 1 aliphatic carbocycles. The van der Waals surface area contributed by atoms with Gasteiger partial charge in [0, 0.05) is 18.9 Å². The smallest absolute Gasteiger partial charge is 0.305 e. The van der Waals surface area contributed by atoms with E-state index in [-0.39, 0.29) is 49.1 Å². The predicted octanol–water partition coefficient (Wildman–Crippen LogP) is 1.78. The van der Waals surface area contributed by atoms with Crippen molar-refractivity contribution in [1.29, 1.82) is 0 Å². The van der Waals surface area contributed by atoms with Gasteiger partial charge in [-0.25, -0.2) is 8.78 Å². The first-order valence-electron chi connectivity index (χ1n) is 11.1. The third kappa shape index (κ3) is 8.11. The second kappa shape index (κ2) is 12.3. The highest BCUT2D eigenvalue weighted by Crippen LogP contribution is 2.47. The Morgan fingerprint density at radius 2 is 1.85 bits per heavy atom. The fraction of sp³-hybridized carbons (Fsp3) is 0.565. The molecule has 1 saturated carbocycles. The van der Waals surface area contributed by atoms with Crippen LogP contribution < -0.4 is 16.0 Å². The number of carbonyl (C=O) groups is 4. The lowest BCUT2D eigenvalue weighted by Crippen LogP contribution is -2.52. The number of halogens is 2. The summed E-state index contributed by atoms with van der Waals surface area (Å²) in [5, 5.41) is 7.82. The van der Waals surface area contributed by atoms with Gasteiger partial charge >= 0.3 is 5.97 Å². The molecule has 2 rings (SSSR count). The molecule has 10 heteroatoms. The summed E-state index contributed by atoms with van der Waals surface area (Å²) < 4.78 is 31.3. The zero-order valence-corrected chi connectivity index (χ0v) is 19.1. The molecule has 3 atom stereocenters. The Morgan fingerprint density at radius 3 is 2.48 bits per heavy atom. The fourth-order valence-electron chi connectivity index (χ4n) is 3.44. The highest BCUT2D eigenvalue weighted by molar-refractivity contribution is 5.91. The predicted molar refractivity (Wildman–Crippen MR) is 116 cm³/mol. The zero-order valence-electron chi connectivity index (χ0n) is 19.1. The quantitative estimate of drug-likeness (QED) is 0.320. The first-order valence-corrected chi connectivity index (χ1v) is 11.1. The molecule has 33 heavy (non-hydrogen) atoms. The summed E-state index contributed by atoms with van der Waals surface area (Å²) in [5.41, 5.74) is 0.540. The highest BCUT2D eigenvalue weighted by atomic mass is 19.2. The van der Waals surface area contributed by atoms with Crippen LogP contribution in [-0.2, 0) is 23.9 Å². The van der Waals surface area contributed by atoms with E-state index in [4.69, 9.17) is 4.74 Å². The first kappa shape index (κ1) is 26.2. The minimum atomic E-state index is -0.961. The average Bonchev–Trinajstić information content (AvgIpc) is 3.56. The lowest BCUT2D eigenvalue weighted by atomic mass is 10.0. The standard InChI is InChI=1S/C23H31F2N3O5/c1-4-33-20(30)6-5-9-26-23(32)21(13(2)3)28-19(29)12-27-22(31)16-11-15(16)14-7-8-17(24)18(25)10-14/h7-8,10,13,15-16,21H,4-6,9,11-12H2,1-3H3,(H,26,32)(H,27,31)(H,28,29). The van der Waals surface area contributed by atoms with Crippen LogP contribution in [-0.4, -0.2) is 49.4 Å². The molecule has 0 radical (unpaired) electrons. The molecule has 1 aromatic rings. The minimum Gasteiger partial charge on any atom is -0.466 e. The van der Waals surface area contributed by atoms with Gasteiger partial charge in [0.2, 0.25) is 17.7 Å². The minimum absolute atomic E-state index is 0.186. The van der Waals surface area contributed by atoms with Gasteiger partial charge in [-0.1, -0.05) is 19.9 Å². The SMILES string of the molecule is CCOC(=O)CCCNC(=O)C(NC(=O)CNC(=O)C1CC1c1ccc(F)c(F)c1)C(C)C. The van der Waals surface area contributed by atoms with E-state index in [1.54, 1.807) is 20.8 Å². The Kier molecular flexibility index (Phi) is 9.74. The molecular formula is C23H31F2N3O5. The maximum absolute atomic E-state index is 13.4. The van der Waals surface area contributed by atoms with Crippen LogP contribution in [0, 0.1) is 23.5 Å². The summed E-state index contributed by atoms with van der Waals surface area (Å²) in [6, 6.07) is 2.76. The second-order valence-electron chi connectivity index (χ2n) is 8.33. The maximum atomic E-state index is 13.4. The summed E-state index contributed by atoms with van der Waals surface area (Å²) in [4.78, 5) is 48.3. The largest absolute Gasteiger partial charge is 0.466 e. The molecule has 0 heterocycles. The van der Waals surface area contributed by atoms with Crippen molar-refractivity contribution in [1.82, 2.24) is 16.0 Å². The molecule has 182 valence electrons. The summed E-state index contributed by atoms with van der Waals surface area (Å²) in [6.45, 7) is 5.53. The maximum Gasteiger partial charge on any atom is 0.305 e. The van der Waals surface area contributed by atoms with Gasteiger partial charge in [0.05, 0.1) is 13.2 Å². The number of ether oxygens (including phenoxy) is 1. The molecule has 1 aromatic carbocycles. The van der Waals surface area contributed by atoms with Crippen LogP contribution in [0.15, 0.2) is 18.2 Å². The van der Waals surface area contributed by atoms with Crippen molar-refractivity contribution in [3.05, 3.63) is 35.4 Å². The number of hydrogen-bond acceptors (Lipinski definition) is 5. The molecule has 0 saturated heterocycles. The number of nitrogens with one attached hydrogen (secondary N) is 3. The van der Waals surface area contributed by atoms with Gasteiger partial charge in [-0.3, -0.25) is 19.2 Å². The lowest BCUT2D eigenvalue weighted by Gasteiger charge is -2.22. The molecule has 0 bridgehead atoms. The van der Waals surface area contributed by atoms with E-state index in [1.807, 2.05) is 0 Å². The van der Waals surface area contributed by atoms with Crippen LogP contribution >= 0.6 is 0 Å². The van der Waals surface area contributed by atoms with Crippen LogP contribution in [0.25, 0.3) is 0 Å². The van der Waals surface area contributed by atoms with E-state index in [0.717, 1.165) is 12.1 Å². The number of rotatable bonds is 12. The summed E-state index contributed by atoms with van der Waals surface area (Å²) in [5.74, 6) is -4.32. The van der Waals surface area contributed by atoms with Crippen molar-refractivity contribution >= 4 is 23.7 Å². The zero-order chi connectivity index (χ0) is 24.5. The number of benzene rings is 1. The van der Waals surface area contributed by atoms with E-state index in [9.17, 15) is 28.0 Å². The normalized spacial score (nSPS) is 17.8. The Balaban J connectivity index is 1.74. The second-order valence-corrected chi connectivity index (χ2v) is 8.33. The van der Waals surface area contributed by atoms with E-state index in [0.29, 0.717) is 25.0 Å². The van der Waals surface area contributed by atoms with Crippen molar-refractivity contribution in [2.75, 3.05) is 19.7 Å². The van der Waals surface area contributed by atoms with Gasteiger partial charge in [0.15, 0.2) is 11.6 Å². The average molecular weight is 468 g/mol. The van der Waals surface area contributed by atoms with Gasteiger partial charge in [-0.15, -0.1) is 0 Å². The Morgan fingerprint density at radius 1 is 1.12 bits per heavy atom. The van der Waals surface area contributed by atoms with Crippen LogP contribution in [0.5, 0.6) is 0 Å². The van der Waals surface area contributed by atoms with Gasteiger partial charge in [0.25, 0.3) is 0 Å². The van der Waals surface area contributed by atoms with Crippen LogP contribution in [0.2, 0.25) is 0 Å². The Labute approximate surface area is 191 Å². The van der Waals surface area contributed by atoms with Crippen molar-refractivity contribution in [3.63, 3.8) is 0 Å². The van der Waals surface area contributed by atoms with Crippen LogP contribution in [0.1, 0.15) is 51.5 Å². The van der Waals surface area contributed by atoms with Crippen LogP contribution in [0.3, 0.4) is 0 Å². The summed E-state index contributed by atoms with van der Waals surface area (Å²) in [6.07, 6.45) is 1.09. The summed E-state index contributed by atoms with van der Waals surface area (Å²) >= 11 is 0. The molecule has 3 N–H and O–H groups in total. The van der Waals surface area contributed by atoms with Gasteiger partial charge < -0.3 is 20.7 Å². The molecule has 1 fully saturated rings. The molecule has 0 spiro atoms. The molecular weight excluding hydrogens is 436 g/mol. The third-order valence-corrected chi connectivity index (χ3v) is 5.35. The number of esters is 1. The summed E-state index contributed by atoms with van der Waals surface area (Å²) in [7, 11) is 0. The van der Waals surface area contributed by atoms with Crippen molar-refractivity contribution in [2.45, 2.75) is 52.0 Å². The molecule has 8 nitrogen and oxygen atoms in total. The third-order valence-electron chi connectivity index (χ3n) is 5.35. The first-order chi connectivity index (χ1) is 15.6. The van der Waals surface area contributed by atoms with Gasteiger partial charge in [-0.2, -0.15) is 0 Å². The monoisotopic (exact) mass is 467 g/mol. The molecule has 0 aromatic heterocycles. The van der Waals surface area contributed by atoms with Crippen molar-refractivity contribution < 1.29 is 32.7 Å². The van der Waals surface area contributed by atoms with Gasteiger partial charge in [-0.05, 0) is 49.3 Å². The van der Waals surface area contributed by atoms with E-state index >= 15 is 0 Å². The Bertz CT molecular complexity index is 878. The van der Waals surface area contributed by atoms with Gasteiger partial charge in [0.1, 0.15) is 6.04 Å². The van der Waals surface area contributed by atoms with Crippen molar-refractivity contribution in [2.24, 2.45) is 11.8 Å². The molecule has 3 amide bonds. The molecule has 0 aliphatic heterocycles. The highest BCUT2D eigenvalue weighted by Gasteiger charge is 2.44.